The van der Waals surface area contributed by atoms with Crippen LogP contribution in [0, 0.1) is 5.92 Å². The van der Waals surface area contributed by atoms with Gasteiger partial charge in [-0.3, -0.25) is 0 Å². The van der Waals surface area contributed by atoms with E-state index in [4.69, 9.17) is 4.74 Å². The van der Waals surface area contributed by atoms with E-state index in [1.54, 1.807) is 0 Å². The van der Waals surface area contributed by atoms with E-state index in [1.165, 1.54) is 0 Å². The van der Waals surface area contributed by atoms with Gasteiger partial charge in [-0.25, -0.2) is 0 Å². The first-order valence-corrected chi connectivity index (χ1v) is 4.53. The highest BCUT2D eigenvalue weighted by molar-refractivity contribution is 4.98. The van der Waals surface area contributed by atoms with Crippen molar-refractivity contribution < 1.29 is 4.74 Å². The van der Waals surface area contributed by atoms with E-state index in [-0.39, 0.29) is 5.60 Å². The predicted octanol–water partition coefficient (Wildman–Crippen LogP) is 2.93. The van der Waals surface area contributed by atoms with E-state index in [0.717, 1.165) is 12.8 Å². The summed E-state index contributed by atoms with van der Waals surface area (Å²) in [5.74, 6) is 0.449. The Morgan fingerprint density at radius 1 is 1.42 bits per heavy atom. The van der Waals surface area contributed by atoms with E-state index >= 15 is 0 Å². The van der Waals surface area contributed by atoms with E-state index in [9.17, 15) is 0 Å². The average molecular weight is 166 g/mol. The van der Waals surface area contributed by atoms with Gasteiger partial charge in [0.15, 0.2) is 0 Å². The lowest BCUT2D eigenvalue weighted by Gasteiger charge is -2.04. The third-order valence-corrected chi connectivity index (χ3v) is 2.53. The number of ether oxygens (including phenoxy) is 1. The highest BCUT2D eigenvalue weighted by Gasteiger charge is 2.46. The molecule has 0 amide bonds. The van der Waals surface area contributed by atoms with Crippen molar-refractivity contribution in [3.05, 3.63) is 25.3 Å². The highest BCUT2D eigenvalue weighted by atomic mass is 16.6. The average Bonchev–Trinajstić information content (AvgIpc) is 2.61. The zero-order valence-electron chi connectivity index (χ0n) is 8.05. The molecule has 0 aromatic carbocycles. The summed E-state index contributed by atoms with van der Waals surface area (Å²) in [7, 11) is 0. The Labute approximate surface area is 75.1 Å². The zero-order chi connectivity index (χ0) is 9.19. The predicted molar refractivity (Wildman–Crippen MR) is 52.1 cm³/mol. The molecular formula is C11H18O. The molecule has 1 aliphatic heterocycles. The van der Waals surface area contributed by atoms with Crippen LogP contribution in [0.2, 0.25) is 0 Å². The minimum Gasteiger partial charge on any atom is -0.367 e. The summed E-state index contributed by atoms with van der Waals surface area (Å²) in [5, 5.41) is 0. The van der Waals surface area contributed by atoms with Gasteiger partial charge < -0.3 is 4.74 Å². The maximum absolute atomic E-state index is 5.48. The van der Waals surface area contributed by atoms with Gasteiger partial charge in [0.05, 0.1) is 11.7 Å². The molecule has 1 nitrogen and oxygen atoms in total. The van der Waals surface area contributed by atoms with Gasteiger partial charge in [0.2, 0.25) is 0 Å². The van der Waals surface area contributed by atoms with Crippen LogP contribution in [0.5, 0.6) is 0 Å². The second-order valence-corrected chi connectivity index (χ2v) is 3.92. The number of hydrogen-bond donors (Lipinski definition) is 0. The molecular weight excluding hydrogens is 148 g/mol. The molecule has 1 fully saturated rings. The van der Waals surface area contributed by atoms with Crippen LogP contribution in [-0.4, -0.2) is 11.7 Å². The van der Waals surface area contributed by atoms with Crippen molar-refractivity contribution in [3.63, 3.8) is 0 Å². The summed E-state index contributed by atoms with van der Waals surface area (Å²) >= 11 is 0. The van der Waals surface area contributed by atoms with Gasteiger partial charge in [-0.2, -0.15) is 0 Å². The van der Waals surface area contributed by atoms with Gasteiger partial charge in [-0.15, -0.1) is 13.2 Å². The van der Waals surface area contributed by atoms with Crippen LogP contribution in [0.15, 0.2) is 25.3 Å². The molecule has 0 N–H and O–H groups in total. The highest BCUT2D eigenvalue weighted by Crippen LogP contribution is 2.39. The van der Waals surface area contributed by atoms with Crippen LogP contribution in [0.25, 0.3) is 0 Å². The Hall–Kier alpha value is -0.560. The third kappa shape index (κ3) is 2.21. The molecule has 0 saturated carbocycles. The minimum atomic E-state index is 0.132. The molecule has 0 bridgehead atoms. The molecule has 1 saturated heterocycles. The van der Waals surface area contributed by atoms with Crippen molar-refractivity contribution in [1.29, 1.82) is 0 Å². The summed E-state index contributed by atoms with van der Waals surface area (Å²) in [6.45, 7) is 11.8. The fourth-order valence-corrected chi connectivity index (χ4v) is 1.41. The van der Waals surface area contributed by atoms with Crippen molar-refractivity contribution in [2.45, 2.75) is 38.4 Å². The van der Waals surface area contributed by atoms with Crippen molar-refractivity contribution in [3.8, 4) is 0 Å². The Morgan fingerprint density at radius 3 is 2.25 bits per heavy atom. The van der Waals surface area contributed by atoms with E-state index < -0.39 is 0 Å². The van der Waals surface area contributed by atoms with Crippen LogP contribution in [0.3, 0.4) is 0 Å². The second kappa shape index (κ2) is 3.44. The third-order valence-electron chi connectivity index (χ3n) is 2.53. The van der Waals surface area contributed by atoms with Gasteiger partial charge in [0.25, 0.3) is 0 Å². The lowest BCUT2D eigenvalue weighted by atomic mass is 9.99. The fourth-order valence-electron chi connectivity index (χ4n) is 1.41. The lowest BCUT2D eigenvalue weighted by Crippen LogP contribution is -2.04. The minimum absolute atomic E-state index is 0.132. The largest absolute Gasteiger partial charge is 0.367 e. The quantitative estimate of drug-likeness (QED) is 0.452. The maximum Gasteiger partial charge on any atom is 0.0892 e. The standard InChI is InChI=1S/C11H18O/c1-5-9(6-2)7-8-10-11(3,4)12-10/h5-6,9-10H,1-2,7-8H2,3-4H3. The normalized spacial score (nSPS) is 25.4. The summed E-state index contributed by atoms with van der Waals surface area (Å²) in [4.78, 5) is 0. The van der Waals surface area contributed by atoms with Gasteiger partial charge in [0.1, 0.15) is 0 Å². The first-order chi connectivity index (χ1) is 5.60. The van der Waals surface area contributed by atoms with Crippen LogP contribution < -0.4 is 0 Å². The first kappa shape index (κ1) is 9.53. The SMILES string of the molecule is C=CC(C=C)CCC1OC1(C)C. The van der Waals surface area contributed by atoms with Crippen molar-refractivity contribution in [1.82, 2.24) is 0 Å². The topological polar surface area (TPSA) is 12.5 Å². The van der Waals surface area contributed by atoms with E-state index in [2.05, 4.69) is 27.0 Å². The van der Waals surface area contributed by atoms with Crippen LogP contribution in [0.1, 0.15) is 26.7 Å². The molecule has 1 unspecified atom stereocenters. The molecule has 0 aliphatic carbocycles. The smallest absolute Gasteiger partial charge is 0.0892 e. The summed E-state index contributed by atoms with van der Waals surface area (Å²) < 4.78 is 5.48. The van der Waals surface area contributed by atoms with Crippen LogP contribution in [0.4, 0.5) is 0 Å². The number of rotatable bonds is 5. The molecule has 0 radical (unpaired) electrons. The molecule has 1 heterocycles. The summed E-state index contributed by atoms with van der Waals surface area (Å²) in [6.07, 6.45) is 6.58. The molecule has 0 spiro atoms. The Bertz CT molecular complexity index is 173. The fraction of sp³-hybridized carbons (Fsp3) is 0.636. The van der Waals surface area contributed by atoms with Crippen LogP contribution >= 0.6 is 0 Å². The van der Waals surface area contributed by atoms with Gasteiger partial charge in [0, 0.05) is 0 Å². The summed E-state index contributed by atoms with van der Waals surface area (Å²) in [5.41, 5.74) is 0.132. The molecule has 0 aromatic rings. The maximum atomic E-state index is 5.48. The number of epoxide rings is 1. The molecule has 1 atom stereocenters. The molecule has 12 heavy (non-hydrogen) atoms. The van der Waals surface area contributed by atoms with E-state index in [0.29, 0.717) is 12.0 Å². The molecule has 68 valence electrons. The zero-order valence-corrected chi connectivity index (χ0v) is 8.05. The van der Waals surface area contributed by atoms with Crippen molar-refractivity contribution in [2.24, 2.45) is 5.92 Å². The van der Waals surface area contributed by atoms with Crippen LogP contribution in [-0.2, 0) is 4.74 Å². The first-order valence-electron chi connectivity index (χ1n) is 4.53. The Morgan fingerprint density at radius 2 is 1.92 bits per heavy atom. The monoisotopic (exact) mass is 166 g/mol. The number of allylic oxidation sites excluding steroid dienone is 2. The molecule has 1 rings (SSSR count). The molecule has 1 aliphatic rings. The van der Waals surface area contributed by atoms with Crippen molar-refractivity contribution in [2.75, 3.05) is 0 Å². The molecule has 0 aromatic heterocycles. The van der Waals surface area contributed by atoms with Gasteiger partial charge in [-0.05, 0) is 32.6 Å². The van der Waals surface area contributed by atoms with Gasteiger partial charge >= 0.3 is 0 Å². The second-order valence-electron chi connectivity index (χ2n) is 3.92. The van der Waals surface area contributed by atoms with E-state index in [1.807, 2.05) is 12.2 Å². The van der Waals surface area contributed by atoms with Gasteiger partial charge in [-0.1, -0.05) is 12.2 Å². The Kier molecular flexibility index (Phi) is 2.73. The lowest BCUT2D eigenvalue weighted by molar-refractivity contribution is 0.317. The summed E-state index contributed by atoms with van der Waals surface area (Å²) in [6, 6.07) is 0. The molecule has 1 heteroatoms. The number of hydrogen-bond acceptors (Lipinski definition) is 1. The Balaban J connectivity index is 2.18. The van der Waals surface area contributed by atoms with Crippen molar-refractivity contribution >= 4 is 0 Å².